The molecule has 1 aliphatic rings. The van der Waals surface area contributed by atoms with Crippen LogP contribution in [0.15, 0.2) is 12.1 Å². The first-order chi connectivity index (χ1) is 8.97. The first kappa shape index (κ1) is 15.2. The van der Waals surface area contributed by atoms with Crippen LogP contribution in [0.5, 0.6) is 0 Å². The van der Waals surface area contributed by atoms with Gasteiger partial charge in [0.05, 0.1) is 20.8 Å². The van der Waals surface area contributed by atoms with E-state index in [1.165, 1.54) is 19.4 Å². The summed E-state index contributed by atoms with van der Waals surface area (Å²) in [5.74, 6) is 0.629. The Hall–Kier alpha value is -0.150. The smallest absolute Gasteiger partial charge is 0.0653 e. The molecular formula is C14H19Cl3N2. The molecule has 0 saturated carbocycles. The zero-order chi connectivity index (χ0) is 14.0. The van der Waals surface area contributed by atoms with E-state index < -0.39 is 0 Å². The Morgan fingerprint density at radius 3 is 2.58 bits per heavy atom. The van der Waals surface area contributed by atoms with Gasteiger partial charge in [-0.3, -0.25) is 0 Å². The van der Waals surface area contributed by atoms with E-state index in [-0.39, 0.29) is 0 Å². The van der Waals surface area contributed by atoms with Crippen molar-refractivity contribution >= 4 is 40.5 Å². The molecule has 2 rings (SSSR count). The lowest BCUT2D eigenvalue weighted by Gasteiger charge is -2.34. The van der Waals surface area contributed by atoms with E-state index in [9.17, 15) is 0 Å². The summed E-state index contributed by atoms with van der Waals surface area (Å²) in [5.41, 5.74) is 0.858. The fourth-order valence-corrected chi connectivity index (χ4v) is 3.21. The molecule has 1 aliphatic heterocycles. The lowest BCUT2D eigenvalue weighted by Crippen LogP contribution is -2.39. The largest absolute Gasteiger partial charge is 0.381 e. The zero-order valence-electron chi connectivity index (χ0n) is 11.2. The number of anilines is 1. The van der Waals surface area contributed by atoms with E-state index in [1.807, 2.05) is 0 Å². The number of benzene rings is 1. The van der Waals surface area contributed by atoms with Gasteiger partial charge in [-0.2, -0.15) is 0 Å². The lowest BCUT2D eigenvalue weighted by atomic mass is 9.92. The van der Waals surface area contributed by atoms with Crippen molar-refractivity contribution < 1.29 is 0 Å². The molecule has 1 aromatic carbocycles. The monoisotopic (exact) mass is 320 g/mol. The molecule has 0 spiro atoms. The van der Waals surface area contributed by atoms with E-state index in [0.29, 0.717) is 27.0 Å². The number of likely N-dealkylation sites (tertiary alicyclic amines) is 1. The predicted octanol–water partition coefficient (Wildman–Crippen LogP) is 4.79. The number of halogens is 3. The Morgan fingerprint density at radius 1 is 1.21 bits per heavy atom. The van der Waals surface area contributed by atoms with Crippen LogP contribution in [0, 0.1) is 5.92 Å². The molecule has 0 bridgehead atoms. The fraction of sp³-hybridized carbons (Fsp3) is 0.571. The quantitative estimate of drug-likeness (QED) is 0.805. The molecule has 0 aromatic heterocycles. The maximum Gasteiger partial charge on any atom is 0.0653 e. The van der Waals surface area contributed by atoms with Crippen LogP contribution in [0.3, 0.4) is 0 Å². The number of rotatable bonds is 3. The second-order valence-corrected chi connectivity index (χ2v) is 6.57. The molecule has 0 radical (unpaired) electrons. The minimum absolute atomic E-state index is 0.359. The molecule has 0 amide bonds. The highest BCUT2D eigenvalue weighted by atomic mass is 35.5. The van der Waals surface area contributed by atoms with Gasteiger partial charge in [-0.1, -0.05) is 34.8 Å². The van der Waals surface area contributed by atoms with Crippen LogP contribution < -0.4 is 5.32 Å². The fourth-order valence-electron chi connectivity index (χ4n) is 2.61. The first-order valence-electron chi connectivity index (χ1n) is 6.57. The van der Waals surface area contributed by atoms with E-state index in [0.717, 1.165) is 12.2 Å². The summed E-state index contributed by atoms with van der Waals surface area (Å²) < 4.78 is 0. The summed E-state index contributed by atoms with van der Waals surface area (Å²) in [4.78, 5) is 2.38. The molecule has 2 nitrogen and oxygen atoms in total. The van der Waals surface area contributed by atoms with Crippen molar-refractivity contribution in [2.45, 2.75) is 25.8 Å². The summed E-state index contributed by atoms with van der Waals surface area (Å²) in [6, 6.07) is 3.85. The van der Waals surface area contributed by atoms with Crippen molar-refractivity contribution in [1.82, 2.24) is 4.90 Å². The van der Waals surface area contributed by atoms with Crippen molar-refractivity contribution in [3.8, 4) is 0 Å². The normalized spacial score (nSPS) is 22.3. The summed E-state index contributed by atoms with van der Waals surface area (Å²) in [6.45, 7) is 4.51. The minimum atomic E-state index is 0.359. The molecule has 5 heteroatoms. The molecule has 1 saturated heterocycles. The van der Waals surface area contributed by atoms with Crippen LogP contribution >= 0.6 is 34.8 Å². The SMILES string of the molecule is CC(Nc1cc(Cl)c(Cl)cc1Cl)C1CCCN(C)C1. The highest BCUT2D eigenvalue weighted by Gasteiger charge is 2.23. The van der Waals surface area contributed by atoms with Gasteiger partial charge in [0.1, 0.15) is 0 Å². The number of nitrogens with one attached hydrogen (secondary N) is 1. The molecule has 1 heterocycles. The van der Waals surface area contributed by atoms with E-state index >= 15 is 0 Å². The molecule has 106 valence electrons. The highest BCUT2D eigenvalue weighted by molar-refractivity contribution is 6.44. The summed E-state index contributed by atoms with van der Waals surface area (Å²) in [5, 5.41) is 5.10. The van der Waals surface area contributed by atoms with Crippen molar-refractivity contribution in [2.75, 3.05) is 25.5 Å². The Bertz CT molecular complexity index is 451. The Balaban J connectivity index is 2.06. The van der Waals surface area contributed by atoms with Crippen LogP contribution in [-0.2, 0) is 0 Å². The van der Waals surface area contributed by atoms with E-state index in [2.05, 4.69) is 24.2 Å². The molecule has 2 unspecified atom stereocenters. The molecule has 0 aliphatic carbocycles. The van der Waals surface area contributed by atoms with Gasteiger partial charge in [-0.05, 0) is 51.4 Å². The first-order valence-corrected chi connectivity index (χ1v) is 7.70. The van der Waals surface area contributed by atoms with E-state index in [1.54, 1.807) is 12.1 Å². The van der Waals surface area contributed by atoms with Gasteiger partial charge >= 0.3 is 0 Å². The summed E-state index contributed by atoms with van der Waals surface area (Å²) in [6.07, 6.45) is 2.50. The van der Waals surface area contributed by atoms with Crippen molar-refractivity contribution in [3.05, 3.63) is 27.2 Å². The summed E-state index contributed by atoms with van der Waals surface area (Å²) >= 11 is 18.2. The average Bonchev–Trinajstić information content (AvgIpc) is 2.36. The minimum Gasteiger partial charge on any atom is -0.381 e. The Morgan fingerprint density at radius 2 is 1.89 bits per heavy atom. The predicted molar refractivity (Wildman–Crippen MR) is 84.8 cm³/mol. The van der Waals surface area contributed by atoms with Crippen molar-refractivity contribution in [3.63, 3.8) is 0 Å². The second-order valence-electron chi connectivity index (χ2n) is 5.34. The van der Waals surface area contributed by atoms with Crippen LogP contribution in [-0.4, -0.2) is 31.1 Å². The van der Waals surface area contributed by atoms with Gasteiger partial charge in [0.25, 0.3) is 0 Å². The standard InChI is InChI=1S/C14H19Cl3N2/c1-9(10-4-3-5-19(2)8-10)18-14-7-12(16)11(15)6-13(14)17/h6-7,9-10,18H,3-5,8H2,1-2H3. The van der Waals surface area contributed by atoms with Crippen LogP contribution in [0.25, 0.3) is 0 Å². The van der Waals surface area contributed by atoms with Gasteiger partial charge in [0.15, 0.2) is 0 Å². The number of hydrogen-bond donors (Lipinski definition) is 1. The van der Waals surface area contributed by atoms with Gasteiger partial charge in [-0.15, -0.1) is 0 Å². The average molecular weight is 322 g/mol. The highest BCUT2D eigenvalue weighted by Crippen LogP contribution is 2.33. The number of piperidine rings is 1. The second kappa shape index (κ2) is 6.53. The van der Waals surface area contributed by atoms with E-state index in [4.69, 9.17) is 34.8 Å². The molecule has 19 heavy (non-hydrogen) atoms. The lowest BCUT2D eigenvalue weighted by molar-refractivity contribution is 0.197. The molecule has 1 fully saturated rings. The van der Waals surface area contributed by atoms with Gasteiger partial charge < -0.3 is 10.2 Å². The molecular weight excluding hydrogens is 303 g/mol. The summed E-state index contributed by atoms with van der Waals surface area (Å²) in [7, 11) is 2.17. The molecule has 1 aromatic rings. The van der Waals surface area contributed by atoms with Gasteiger partial charge in [0, 0.05) is 12.6 Å². The maximum absolute atomic E-state index is 6.20. The number of hydrogen-bond acceptors (Lipinski definition) is 2. The zero-order valence-corrected chi connectivity index (χ0v) is 13.5. The molecule has 2 atom stereocenters. The third-order valence-electron chi connectivity index (χ3n) is 3.76. The maximum atomic E-state index is 6.20. The van der Waals surface area contributed by atoms with Crippen LogP contribution in [0.2, 0.25) is 15.1 Å². The number of nitrogens with zero attached hydrogens (tertiary/aromatic N) is 1. The van der Waals surface area contributed by atoms with Crippen LogP contribution in [0.4, 0.5) is 5.69 Å². The van der Waals surface area contributed by atoms with Crippen molar-refractivity contribution in [1.29, 1.82) is 0 Å². The topological polar surface area (TPSA) is 15.3 Å². The van der Waals surface area contributed by atoms with Gasteiger partial charge in [-0.25, -0.2) is 0 Å². The van der Waals surface area contributed by atoms with Crippen molar-refractivity contribution in [2.24, 2.45) is 5.92 Å². The van der Waals surface area contributed by atoms with Crippen LogP contribution in [0.1, 0.15) is 19.8 Å². The third-order valence-corrected chi connectivity index (χ3v) is 4.80. The van der Waals surface area contributed by atoms with Gasteiger partial charge in [0.2, 0.25) is 0 Å². The third kappa shape index (κ3) is 3.91. The Labute approximate surface area is 130 Å². The molecule has 1 N–H and O–H groups in total. The Kier molecular flexibility index (Phi) is 5.24.